The Morgan fingerprint density at radius 1 is 1.29 bits per heavy atom. The maximum atomic E-state index is 10.7. The van der Waals surface area contributed by atoms with Crippen molar-refractivity contribution in [3.05, 3.63) is 0 Å². The maximum absolute atomic E-state index is 10.7. The van der Waals surface area contributed by atoms with Crippen LogP contribution in [0.15, 0.2) is 0 Å². The third-order valence-corrected chi connectivity index (χ3v) is 7.79. The molecule has 17 heavy (non-hydrogen) atoms. The van der Waals surface area contributed by atoms with Gasteiger partial charge in [-0.05, 0) is 18.1 Å². The molecular formula is C14H26O2Si. The first-order chi connectivity index (χ1) is 7.74. The van der Waals surface area contributed by atoms with Crippen LogP contribution in [0.1, 0.15) is 47.0 Å². The summed E-state index contributed by atoms with van der Waals surface area (Å²) in [5, 5.41) is 0.173. The quantitative estimate of drug-likeness (QED) is 0.424. The fraction of sp³-hybridized carbons (Fsp3) is 0.786. The van der Waals surface area contributed by atoms with E-state index in [9.17, 15) is 4.79 Å². The normalized spacial score (nSPS) is 13.8. The van der Waals surface area contributed by atoms with E-state index >= 15 is 0 Å². The first-order valence-electron chi connectivity index (χ1n) is 6.31. The first kappa shape index (κ1) is 16.4. The Balaban J connectivity index is 4.58. The van der Waals surface area contributed by atoms with Gasteiger partial charge in [0, 0.05) is 19.3 Å². The molecule has 0 aliphatic carbocycles. The second kappa shape index (κ2) is 6.98. The molecule has 0 aliphatic rings. The maximum Gasteiger partial charge on any atom is 0.192 e. The molecule has 0 fully saturated rings. The van der Waals surface area contributed by atoms with Gasteiger partial charge in [0.15, 0.2) is 8.32 Å². The Morgan fingerprint density at radius 3 is 2.29 bits per heavy atom. The van der Waals surface area contributed by atoms with E-state index in [0.29, 0.717) is 12.8 Å². The molecule has 98 valence electrons. The molecule has 0 aliphatic heterocycles. The summed E-state index contributed by atoms with van der Waals surface area (Å²) >= 11 is 0. The zero-order valence-electron chi connectivity index (χ0n) is 12.1. The van der Waals surface area contributed by atoms with Gasteiger partial charge in [0.1, 0.15) is 6.29 Å². The summed E-state index contributed by atoms with van der Waals surface area (Å²) in [5.41, 5.74) is 0. The van der Waals surface area contributed by atoms with Crippen molar-refractivity contribution in [2.75, 3.05) is 0 Å². The van der Waals surface area contributed by atoms with Gasteiger partial charge in [0.2, 0.25) is 0 Å². The lowest BCUT2D eigenvalue weighted by Gasteiger charge is -2.38. The molecule has 0 unspecified atom stereocenters. The van der Waals surface area contributed by atoms with Crippen LogP contribution in [-0.2, 0) is 9.22 Å². The molecule has 0 saturated carbocycles. The van der Waals surface area contributed by atoms with E-state index in [1.54, 1.807) is 0 Å². The third kappa shape index (κ3) is 6.04. The predicted molar refractivity (Wildman–Crippen MR) is 75.4 cm³/mol. The highest BCUT2D eigenvalue weighted by Gasteiger charge is 2.38. The monoisotopic (exact) mass is 254 g/mol. The van der Waals surface area contributed by atoms with Crippen LogP contribution in [0.25, 0.3) is 0 Å². The zero-order valence-corrected chi connectivity index (χ0v) is 13.1. The minimum Gasteiger partial charge on any atom is -0.413 e. The highest BCUT2D eigenvalue weighted by Crippen LogP contribution is 2.37. The number of carbonyl (C=O) groups excluding carboxylic acids is 1. The van der Waals surface area contributed by atoms with Gasteiger partial charge in [-0.3, -0.25) is 0 Å². The SMILES string of the molecule is CCC#CC[C@@H](CC=O)O[Si](C)(C)C(C)(C)C. The minimum absolute atomic E-state index is 0.0348. The number of hydrogen-bond acceptors (Lipinski definition) is 2. The van der Waals surface area contributed by atoms with Crippen molar-refractivity contribution in [3.63, 3.8) is 0 Å². The second-order valence-electron chi connectivity index (χ2n) is 5.81. The van der Waals surface area contributed by atoms with Crippen LogP contribution in [0.4, 0.5) is 0 Å². The third-order valence-electron chi connectivity index (χ3n) is 3.26. The van der Waals surface area contributed by atoms with E-state index in [2.05, 4.69) is 45.7 Å². The molecule has 0 aromatic heterocycles. The summed E-state index contributed by atoms with van der Waals surface area (Å²) < 4.78 is 6.19. The van der Waals surface area contributed by atoms with Gasteiger partial charge in [0.25, 0.3) is 0 Å². The van der Waals surface area contributed by atoms with Gasteiger partial charge < -0.3 is 9.22 Å². The Labute approximate surface area is 107 Å². The van der Waals surface area contributed by atoms with Crippen LogP contribution in [-0.4, -0.2) is 20.7 Å². The summed E-state index contributed by atoms with van der Waals surface area (Å²) in [5.74, 6) is 6.11. The molecule has 0 amide bonds. The lowest BCUT2D eigenvalue weighted by atomic mass is 10.2. The Morgan fingerprint density at radius 2 is 1.88 bits per heavy atom. The van der Waals surface area contributed by atoms with Crippen molar-refractivity contribution in [1.82, 2.24) is 0 Å². The Hall–Kier alpha value is -0.593. The van der Waals surface area contributed by atoms with Gasteiger partial charge in [-0.25, -0.2) is 0 Å². The lowest BCUT2D eigenvalue weighted by molar-refractivity contribution is -0.109. The van der Waals surface area contributed by atoms with Crippen molar-refractivity contribution >= 4 is 14.6 Å². The molecule has 0 aromatic carbocycles. The van der Waals surface area contributed by atoms with Crippen molar-refractivity contribution in [2.24, 2.45) is 0 Å². The van der Waals surface area contributed by atoms with Crippen LogP contribution >= 0.6 is 0 Å². The molecule has 0 bridgehead atoms. The Kier molecular flexibility index (Phi) is 6.73. The smallest absolute Gasteiger partial charge is 0.192 e. The predicted octanol–water partition coefficient (Wildman–Crippen LogP) is 3.77. The molecule has 0 rings (SSSR count). The van der Waals surface area contributed by atoms with Crippen LogP contribution in [0.5, 0.6) is 0 Å². The van der Waals surface area contributed by atoms with Crippen LogP contribution in [0.2, 0.25) is 18.1 Å². The fourth-order valence-corrected chi connectivity index (χ4v) is 2.55. The van der Waals surface area contributed by atoms with E-state index in [1.807, 2.05) is 6.92 Å². The van der Waals surface area contributed by atoms with Crippen molar-refractivity contribution < 1.29 is 9.22 Å². The average Bonchev–Trinajstić information content (AvgIpc) is 2.16. The number of carbonyl (C=O) groups is 1. The van der Waals surface area contributed by atoms with Crippen LogP contribution in [0, 0.1) is 11.8 Å². The number of aldehydes is 1. The molecule has 2 nitrogen and oxygen atoms in total. The first-order valence-corrected chi connectivity index (χ1v) is 9.22. The second-order valence-corrected chi connectivity index (χ2v) is 10.6. The van der Waals surface area contributed by atoms with Crippen LogP contribution in [0.3, 0.4) is 0 Å². The average molecular weight is 254 g/mol. The van der Waals surface area contributed by atoms with Gasteiger partial charge in [-0.15, -0.1) is 11.8 Å². The highest BCUT2D eigenvalue weighted by molar-refractivity contribution is 6.74. The van der Waals surface area contributed by atoms with E-state index in [-0.39, 0.29) is 11.1 Å². The van der Waals surface area contributed by atoms with Crippen molar-refractivity contribution in [2.45, 2.75) is 71.2 Å². The molecule has 0 radical (unpaired) electrons. The van der Waals surface area contributed by atoms with E-state index in [0.717, 1.165) is 12.7 Å². The minimum atomic E-state index is -1.79. The molecular weight excluding hydrogens is 228 g/mol. The summed E-state index contributed by atoms with van der Waals surface area (Å²) in [6.07, 6.45) is 2.87. The summed E-state index contributed by atoms with van der Waals surface area (Å²) in [4.78, 5) is 10.7. The molecule has 0 N–H and O–H groups in total. The Bertz CT molecular complexity index is 292. The fourth-order valence-electron chi connectivity index (χ4n) is 1.18. The molecule has 1 atom stereocenters. The van der Waals surface area contributed by atoms with Crippen LogP contribution < -0.4 is 0 Å². The van der Waals surface area contributed by atoms with E-state index in [1.165, 1.54) is 0 Å². The lowest BCUT2D eigenvalue weighted by Crippen LogP contribution is -2.44. The zero-order chi connectivity index (χ0) is 13.5. The van der Waals surface area contributed by atoms with E-state index in [4.69, 9.17) is 4.43 Å². The summed E-state index contributed by atoms with van der Waals surface area (Å²) in [6.45, 7) is 13.0. The molecule has 0 spiro atoms. The van der Waals surface area contributed by atoms with Gasteiger partial charge >= 0.3 is 0 Å². The van der Waals surface area contributed by atoms with Crippen molar-refractivity contribution in [1.29, 1.82) is 0 Å². The highest BCUT2D eigenvalue weighted by atomic mass is 28.4. The largest absolute Gasteiger partial charge is 0.413 e. The topological polar surface area (TPSA) is 26.3 Å². The molecule has 0 heterocycles. The molecule has 0 aromatic rings. The van der Waals surface area contributed by atoms with Gasteiger partial charge in [-0.1, -0.05) is 27.7 Å². The van der Waals surface area contributed by atoms with Crippen molar-refractivity contribution in [3.8, 4) is 11.8 Å². The standard InChI is InChI=1S/C14H26O2Si/c1-7-8-9-10-13(11-12-15)16-17(5,6)14(2,3)4/h12-13H,7,10-11H2,1-6H3/t13-/m0/s1. The molecule has 0 saturated heterocycles. The summed E-state index contributed by atoms with van der Waals surface area (Å²) in [6, 6.07) is 0. The molecule has 3 heteroatoms. The number of hydrogen-bond donors (Lipinski definition) is 0. The summed E-state index contributed by atoms with van der Waals surface area (Å²) in [7, 11) is -1.79. The van der Waals surface area contributed by atoms with Gasteiger partial charge in [-0.2, -0.15) is 0 Å². The van der Waals surface area contributed by atoms with Gasteiger partial charge in [0.05, 0.1) is 6.10 Å². The van der Waals surface area contributed by atoms with E-state index < -0.39 is 8.32 Å². The number of rotatable bonds is 5.